The van der Waals surface area contributed by atoms with E-state index in [1.165, 1.54) is 11.2 Å². The summed E-state index contributed by atoms with van der Waals surface area (Å²) in [5, 5.41) is 3.94. The summed E-state index contributed by atoms with van der Waals surface area (Å²) in [6.07, 6.45) is 1.48. The van der Waals surface area contributed by atoms with Gasteiger partial charge in [-0.05, 0) is 42.0 Å². The van der Waals surface area contributed by atoms with Crippen molar-refractivity contribution in [1.29, 1.82) is 0 Å². The molecule has 1 aliphatic rings. The quantitative estimate of drug-likeness (QED) is 0.212. The van der Waals surface area contributed by atoms with E-state index in [1.54, 1.807) is 49.6 Å². The van der Waals surface area contributed by atoms with Gasteiger partial charge in [-0.3, -0.25) is 14.4 Å². The summed E-state index contributed by atoms with van der Waals surface area (Å²) in [6.45, 7) is 1.94. The SMILES string of the molecule is COc1ccc(C(=O)C2C(=O)C(=O)N(c3ccc(-c4ccon4)cc3)C2C(C)c2ccccc2)cc1. The molecule has 0 N–H and O–H groups in total. The number of methoxy groups -OCH3 is 1. The summed E-state index contributed by atoms with van der Waals surface area (Å²) < 4.78 is 10.1. The fourth-order valence-corrected chi connectivity index (χ4v) is 4.81. The Balaban J connectivity index is 1.57. The first-order valence-electron chi connectivity index (χ1n) is 11.6. The Morgan fingerprint density at radius 1 is 0.944 bits per heavy atom. The molecule has 0 bridgehead atoms. The van der Waals surface area contributed by atoms with Crippen LogP contribution in [0.2, 0.25) is 0 Å². The summed E-state index contributed by atoms with van der Waals surface area (Å²) in [7, 11) is 1.54. The highest BCUT2D eigenvalue weighted by Crippen LogP contribution is 2.39. The number of nitrogens with zero attached hydrogens (tertiary/aromatic N) is 2. The Labute approximate surface area is 208 Å². The van der Waals surface area contributed by atoms with Crippen LogP contribution in [0.3, 0.4) is 0 Å². The maximum atomic E-state index is 13.7. The molecule has 2 heterocycles. The molecule has 1 saturated heterocycles. The number of rotatable bonds is 7. The van der Waals surface area contributed by atoms with E-state index in [0.717, 1.165) is 11.1 Å². The molecular weight excluding hydrogens is 456 g/mol. The first-order chi connectivity index (χ1) is 17.5. The summed E-state index contributed by atoms with van der Waals surface area (Å²) in [5.41, 5.74) is 3.30. The molecular formula is C29H24N2O5. The summed E-state index contributed by atoms with van der Waals surface area (Å²) in [5.74, 6) is -2.61. The fraction of sp³-hybridized carbons (Fsp3) is 0.172. The van der Waals surface area contributed by atoms with Crippen molar-refractivity contribution in [1.82, 2.24) is 5.16 Å². The average molecular weight is 481 g/mol. The zero-order valence-electron chi connectivity index (χ0n) is 19.8. The minimum Gasteiger partial charge on any atom is -0.497 e. The molecule has 7 heteroatoms. The maximum Gasteiger partial charge on any atom is 0.295 e. The van der Waals surface area contributed by atoms with Crippen molar-refractivity contribution in [3.8, 4) is 17.0 Å². The lowest BCUT2D eigenvalue weighted by Gasteiger charge is -2.32. The van der Waals surface area contributed by atoms with E-state index >= 15 is 0 Å². The number of ketones is 2. The standard InChI is InChI=1S/C29H24N2O5/c1-18(19-6-4-3-5-7-19)26-25(27(32)21-10-14-23(35-2)15-11-21)28(33)29(34)31(26)22-12-8-20(9-13-22)24-16-17-36-30-24/h3-18,25-26H,1-2H3. The van der Waals surface area contributed by atoms with Gasteiger partial charge in [0.2, 0.25) is 5.78 Å². The molecule has 4 aromatic rings. The zero-order chi connectivity index (χ0) is 25.2. The van der Waals surface area contributed by atoms with Crippen molar-refractivity contribution in [2.45, 2.75) is 18.9 Å². The Bertz CT molecular complexity index is 1380. The van der Waals surface area contributed by atoms with E-state index in [9.17, 15) is 14.4 Å². The van der Waals surface area contributed by atoms with E-state index in [1.807, 2.05) is 49.4 Å². The smallest absolute Gasteiger partial charge is 0.295 e. The van der Waals surface area contributed by atoms with E-state index in [4.69, 9.17) is 9.26 Å². The van der Waals surface area contributed by atoms with E-state index in [0.29, 0.717) is 22.7 Å². The number of aromatic nitrogens is 1. The van der Waals surface area contributed by atoms with Gasteiger partial charge in [0, 0.05) is 28.8 Å². The number of carbonyl (C=O) groups is 3. The molecule has 0 aliphatic carbocycles. The molecule has 3 aromatic carbocycles. The number of benzene rings is 3. The van der Waals surface area contributed by atoms with E-state index in [-0.39, 0.29) is 11.7 Å². The fourth-order valence-electron chi connectivity index (χ4n) is 4.81. The van der Waals surface area contributed by atoms with E-state index in [2.05, 4.69) is 5.16 Å². The van der Waals surface area contributed by atoms with Gasteiger partial charge < -0.3 is 14.2 Å². The van der Waals surface area contributed by atoms with Gasteiger partial charge in [0.05, 0.1) is 13.2 Å². The van der Waals surface area contributed by atoms with Crippen LogP contribution >= 0.6 is 0 Å². The lowest BCUT2D eigenvalue weighted by molar-refractivity contribution is -0.135. The Hall–Kier alpha value is -4.52. The first-order valence-corrected chi connectivity index (χ1v) is 11.6. The van der Waals surface area contributed by atoms with Crippen molar-refractivity contribution in [3.05, 3.63) is 102 Å². The largest absolute Gasteiger partial charge is 0.497 e. The van der Waals surface area contributed by atoms with Crippen LogP contribution in [0.25, 0.3) is 11.3 Å². The second-order valence-corrected chi connectivity index (χ2v) is 8.73. The first kappa shape index (κ1) is 23.2. The van der Waals surface area contributed by atoms with Crippen LogP contribution in [0, 0.1) is 5.92 Å². The highest BCUT2D eigenvalue weighted by Gasteiger charge is 2.53. The molecule has 5 rings (SSSR count). The Morgan fingerprint density at radius 2 is 1.64 bits per heavy atom. The molecule has 7 nitrogen and oxygen atoms in total. The van der Waals surface area contributed by atoms with Crippen molar-refractivity contribution >= 4 is 23.2 Å². The van der Waals surface area contributed by atoms with Crippen molar-refractivity contribution < 1.29 is 23.6 Å². The third kappa shape index (κ3) is 4.09. The molecule has 3 atom stereocenters. The molecule has 1 aliphatic heterocycles. The third-order valence-electron chi connectivity index (χ3n) is 6.73. The van der Waals surface area contributed by atoms with Crippen molar-refractivity contribution in [3.63, 3.8) is 0 Å². The molecule has 1 fully saturated rings. The molecule has 0 radical (unpaired) electrons. The number of amides is 1. The van der Waals surface area contributed by atoms with E-state index < -0.39 is 23.7 Å². The van der Waals surface area contributed by atoms with Crippen LogP contribution in [-0.4, -0.2) is 35.8 Å². The molecule has 0 spiro atoms. The molecule has 1 amide bonds. The lowest BCUT2D eigenvalue weighted by atomic mass is 9.81. The average Bonchev–Trinajstić information content (AvgIpc) is 3.56. The molecule has 180 valence electrons. The highest BCUT2D eigenvalue weighted by molar-refractivity contribution is 6.49. The molecule has 3 unspecified atom stereocenters. The predicted octanol–water partition coefficient (Wildman–Crippen LogP) is 4.94. The Kier molecular flexibility index (Phi) is 6.21. The van der Waals surface area contributed by atoms with Crippen molar-refractivity contribution in [2.24, 2.45) is 5.92 Å². The van der Waals surface area contributed by atoms with Gasteiger partial charge in [-0.25, -0.2) is 0 Å². The Morgan fingerprint density at radius 3 is 2.25 bits per heavy atom. The van der Waals surface area contributed by atoms with Gasteiger partial charge in [0.15, 0.2) is 5.78 Å². The van der Waals surface area contributed by atoms with Gasteiger partial charge in [-0.1, -0.05) is 54.5 Å². The normalized spacial score (nSPS) is 18.3. The summed E-state index contributed by atoms with van der Waals surface area (Å²) in [4.78, 5) is 41.9. The minimum absolute atomic E-state index is 0.288. The zero-order valence-corrected chi connectivity index (χ0v) is 19.8. The van der Waals surface area contributed by atoms with Gasteiger partial charge in [0.25, 0.3) is 5.91 Å². The van der Waals surface area contributed by atoms with Gasteiger partial charge >= 0.3 is 0 Å². The second-order valence-electron chi connectivity index (χ2n) is 8.73. The van der Waals surface area contributed by atoms with Gasteiger partial charge in [-0.15, -0.1) is 0 Å². The van der Waals surface area contributed by atoms with Gasteiger partial charge in [-0.2, -0.15) is 0 Å². The summed E-state index contributed by atoms with van der Waals surface area (Å²) >= 11 is 0. The number of carbonyl (C=O) groups excluding carboxylic acids is 3. The number of hydrogen-bond acceptors (Lipinski definition) is 6. The van der Waals surface area contributed by atoms with Crippen LogP contribution in [0.1, 0.15) is 28.8 Å². The highest BCUT2D eigenvalue weighted by atomic mass is 16.5. The number of Topliss-reactive ketones (excluding diaryl/α,β-unsaturated/α-hetero) is 2. The maximum absolute atomic E-state index is 13.7. The summed E-state index contributed by atoms with van der Waals surface area (Å²) in [6, 6.07) is 24.4. The van der Waals surface area contributed by atoms with Crippen LogP contribution in [-0.2, 0) is 9.59 Å². The molecule has 36 heavy (non-hydrogen) atoms. The number of anilines is 1. The predicted molar refractivity (Wildman–Crippen MR) is 134 cm³/mol. The second kappa shape index (κ2) is 9.62. The van der Waals surface area contributed by atoms with Gasteiger partial charge in [0.1, 0.15) is 23.6 Å². The lowest BCUT2D eigenvalue weighted by Crippen LogP contribution is -2.41. The van der Waals surface area contributed by atoms with Crippen LogP contribution in [0.5, 0.6) is 5.75 Å². The number of ether oxygens (including phenoxy) is 1. The third-order valence-corrected chi connectivity index (χ3v) is 6.73. The van der Waals surface area contributed by atoms with Crippen LogP contribution in [0.4, 0.5) is 5.69 Å². The molecule has 1 aromatic heterocycles. The van der Waals surface area contributed by atoms with Crippen LogP contribution < -0.4 is 9.64 Å². The number of hydrogen-bond donors (Lipinski definition) is 0. The minimum atomic E-state index is -1.14. The topological polar surface area (TPSA) is 89.7 Å². The van der Waals surface area contributed by atoms with Crippen LogP contribution in [0.15, 0.2) is 95.7 Å². The molecule has 0 saturated carbocycles. The van der Waals surface area contributed by atoms with Crippen molar-refractivity contribution in [2.75, 3.05) is 12.0 Å². The monoisotopic (exact) mass is 480 g/mol.